The van der Waals surface area contributed by atoms with Crippen LogP contribution in [0.3, 0.4) is 0 Å². The molecule has 1 saturated heterocycles. The zero-order valence-corrected chi connectivity index (χ0v) is 15.9. The summed E-state index contributed by atoms with van der Waals surface area (Å²) in [6.45, 7) is 8.35. The van der Waals surface area contributed by atoms with Crippen molar-refractivity contribution in [3.63, 3.8) is 0 Å². The van der Waals surface area contributed by atoms with Gasteiger partial charge in [0, 0.05) is 43.5 Å². The van der Waals surface area contributed by atoms with Crippen LogP contribution in [-0.4, -0.2) is 58.8 Å². The number of nitrogens with zero attached hydrogens (tertiary/aromatic N) is 4. The fraction of sp³-hybridized carbons (Fsp3) is 0.524. The van der Waals surface area contributed by atoms with Crippen LogP contribution in [0.15, 0.2) is 36.7 Å². The van der Waals surface area contributed by atoms with Gasteiger partial charge in [0.2, 0.25) is 0 Å². The zero-order valence-electron chi connectivity index (χ0n) is 15.9. The number of rotatable bonds is 7. The second kappa shape index (κ2) is 9.10. The quantitative estimate of drug-likeness (QED) is 0.828. The summed E-state index contributed by atoms with van der Waals surface area (Å²) >= 11 is 0. The Morgan fingerprint density at radius 1 is 1.12 bits per heavy atom. The molecular weight excluding hydrogens is 324 g/mol. The number of aryl methyl sites for hydroxylation is 2. The van der Waals surface area contributed by atoms with E-state index in [1.165, 1.54) is 5.56 Å². The largest absolute Gasteiger partial charge is 0.396 e. The number of hydrogen-bond donors (Lipinski definition) is 1. The number of hydrogen-bond acceptors (Lipinski definition) is 5. The Morgan fingerprint density at radius 3 is 2.69 bits per heavy atom. The van der Waals surface area contributed by atoms with Crippen LogP contribution in [0.4, 0.5) is 5.82 Å². The van der Waals surface area contributed by atoms with Crippen molar-refractivity contribution in [2.24, 2.45) is 0 Å². The van der Waals surface area contributed by atoms with Gasteiger partial charge in [0.25, 0.3) is 0 Å². The van der Waals surface area contributed by atoms with Crippen LogP contribution in [0, 0.1) is 13.8 Å². The third-order valence-electron chi connectivity index (χ3n) is 5.43. The summed E-state index contributed by atoms with van der Waals surface area (Å²) in [5.41, 5.74) is 3.60. The van der Waals surface area contributed by atoms with E-state index in [1.807, 2.05) is 6.92 Å². The average Bonchev–Trinajstić information content (AvgIpc) is 2.66. The van der Waals surface area contributed by atoms with Crippen LogP contribution in [0.25, 0.3) is 0 Å². The van der Waals surface area contributed by atoms with Gasteiger partial charge in [-0.05, 0) is 45.2 Å². The lowest BCUT2D eigenvalue weighted by Crippen LogP contribution is -2.54. The molecule has 1 aliphatic heterocycles. The van der Waals surface area contributed by atoms with Crippen LogP contribution in [0.2, 0.25) is 0 Å². The van der Waals surface area contributed by atoms with Crippen LogP contribution < -0.4 is 4.90 Å². The summed E-state index contributed by atoms with van der Waals surface area (Å²) in [7, 11) is 0. The van der Waals surface area contributed by atoms with E-state index in [0.29, 0.717) is 6.04 Å². The number of benzene rings is 1. The first-order valence-electron chi connectivity index (χ1n) is 9.61. The first kappa shape index (κ1) is 18.8. The monoisotopic (exact) mass is 354 g/mol. The van der Waals surface area contributed by atoms with Crippen molar-refractivity contribution in [1.29, 1.82) is 0 Å². The third-order valence-corrected chi connectivity index (χ3v) is 5.43. The topological polar surface area (TPSA) is 52.5 Å². The van der Waals surface area contributed by atoms with Gasteiger partial charge in [-0.3, -0.25) is 4.90 Å². The van der Waals surface area contributed by atoms with Crippen molar-refractivity contribution < 1.29 is 5.11 Å². The van der Waals surface area contributed by atoms with Crippen molar-refractivity contribution in [3.05, 3.63) is 53.5 Å². The van der Waals surface area contributed by atoms with E-state index >= 15 is 0 Å². The van der Waals surface area contributed by atoms with Crippen molar-refractivity contribution in [2.45, 2.75) is 39.2 Å². The minimum Gasteiger partial charge on any atom is -0.396 e. The number of aliphatic hydroxyl groups excluding tert-OH is 1. The summed E-state index contributed by atoms with van der Waals surface area (Å²) in [6.07, 6.45) is 4.73. The van der Waals surface area contributed by atoms with Gasteiger partial charge in [-0.15, -0.1) is 0 Å². The van der Waals surface area contributed by atoms with E-state index in [1.54, 1.807) is 6.33 Å². The molecule has 1 N–H and O–H groups in total. The standard InChI is InChI=1S/C21H30N4O/c1-17-18(2)22-16-23-21(17)25-13-12-24(20(15-25)10-14-26)11-6-9-19-7-4-3-5-8-19/h3-5,7-8,16,20,26H,6,9-15H2,1-2H3. The molecule has 0 aliphatic carbocycles. The Bertz CT molecular complexity index is 692. The van der Waals surface area contributed by atoms with Crippen molar-refractivity contribution in [2.75, 3.05) is 37.7 Å². The van der Waals surface area contributed by atoms with Gasteiger partial charge >= 0.3 is 0 Å². The molecule has 1 fully saturated rings. The maximum absolute atomic E-state index is 9.52. The van der Waals surface area contributed by atoms with E-state index in [-0.39, 0.29) is 6.61 Å². The molecule has 2 aromatic rings. The lowest BCUT2D eigenvalue weighted by molar-refractivity contribution is 0.140. The molecule has 5 nitrogen and oxygen atoms in total. The van der Waals surface area contributed by atoms with Crippen molar-refractivity contribution in [3.8, 4) is 0 Å². The second-order valence-corrected chi connectivity index (χ2v) is 7.14. The number of anilines is 1. The van der Waals surface area contributed by atoms with E-state index in [9.17, 15) is 5.11 Å². The van der Waals surface area contributed by atoms with Gasteiger partial charge in [-0.25, -0.2) is 9.97 Å². The molecule has 1 aromatic heterocycles. The molecule has 1 atom stereocenters. The summed E-state index contributed by atoms with van der Waals surface area (Å²) in [4.78, 5) is 13.7. The molecule has 0 saturated carbocycles. The lowest BCUT2D eigenvalue weighted by atomic mass is 10.1. The Hall–Kier alpha value is -1.98. The fourth-order valence-electron chi connectivity index (χ4n) is 3.78. The molecular formula is C21H30N4O. The predicted molar refractivity (Wildman–Crippen MR) is 106 cm³/mol. The minimum atomic E-state index is 0.232. The van der Waals surface area contributed by atoms with Crippen LogP contribution in [0.5, 0.6) is 0 Å². The SMILES string of the molecule is Cc1ncnc(N2CCN(CCCc3ccccc3)C(CCO)C2)c1C. The zero-order chi connectivity index (χ0) is 18.4. The second-order valence-electron chi connectivity index (χ2n) is 7.14. The molecule has 2 heterocycles. The Morgan fingerprint density at radius 2 is 1.92 bits per heavy atom. The molecule has 1 aromatic carbocycles. The van der Waals surface area contributed by atoms with E-state index in [0.717, 1.165) is 62.5 Å². The molecule has 140 valence electrons. The van der Waals surface area contributed by atoms with Gasteiger partial charge in [0.15, 0.2) is 0 Å². The fourth-order valence-corrected chi connectivity index (χ4v) is 3.78. The minimum absolute atomic E-state index is 0.232. The smallest absolute Gasteiger partial charge is 0.135 e. The summed E-state index contributed by atoms with van der Waals surface area (Å²) in [5.74, 6) is 1.05. The van der Waals surface area contributed by atoms with Crippen LogP contribution in [0.1, 0.15) is 29.7 Å². The van der Waals surface area contributed by atoms with Crippen molar-refractivity contribution >= 4 is 5.82 Å². The van der Waals surface area contributed by atoms with E-state index in [2.05, 4.69) is 57.0 Å². The Balaban J connectivity index is 1.60. The predicted octanol–water partition coefficient (Wildman–Crippen LogP) is 2.60. The van der Waals surface area contributed by atoms with E-state index in [4.69, 9.17) is 0 Å². The number of aromatic nitrogens is 2. The number of aliphatic hydroxyl groups is 1. The summed E-state index contributed by atoms with van der Waals surface area (Å²) in [6, 6.07) is 11.0. The summed E-state index contributed by atoms with van der Waals surface area (Å²) < 4.78 is 0. The third kappa shape index (κ3) is 4.59. The molecule has 26 heavy (non-hydrogen) atoms. The Kier molecular flexibility index (Phi) is 6.58. The normalized spacial score (nSPS) is 18.3. The maximum Gasteiger partial charge on any atom is 0.135 e. The Labute approximate surface area is 156 Å². The van der Waals surface area contributed by atoms with Gasteiger partial charge in [0.05, 0.1) is 0 Å². The molecule has 0 amide bonds. The highest BCUT2D eigenvalue weighted by Gasteiger charge is 2.27. The number of piperazine rings is 1. The van der Waals surface area contributed by atoms with E-state index < -0.39 is 0 Å². The molecule has 3 rings (SSSR count). The highest BCUT2D eigenvalue weighted by Crippen LogP contribution is 2.23. The lowest BCUT2D eigenvalue weighted by Gasteiger charge is -2.42. The van der Waals surface area contributed by atoms with Gasteiger partial charge in [0.1, 0.15) is 12.1 Å². The van der Waals surface area contributed by atoms with Gasteiger partial charge in [-0.2, -0.15) is 0 Å². The molecule has 1 unspecified atom stereocenters. The molecule has 5 heteroatoms. The molecule has 0 radical (unpaired) electrons. The van der Waals surface area contributed by atoms with Crippen molar-refractivity contribution in [1.82, 2.24) is 14.9 Å². The first-order valence-corrected chi connectivity index (χ1v) is 9.61. The van der Waals surface area contributed by atoms with Crippen LogP contribution in [-0.2, 0) is 6.42 Å². The maximum atomic E-state index is 9.52. The summed E-state index contributed by atoms with van der Waals surface area (Å²) in [5, 5.41) is 9.52. The highest BCUT2D eigenvalue weighted by molar-refractivity contribution is 5.48. The average molecular weight is 354 g/mol. The van der Waals surface area contributed by atoms with Gasteiger partial charge < -0.3 is 10.0 Å². The first-order chi connectivity index (χ1) is 12.7. The molecule has 0 spiro atoms. The highest BCUT2D eigenvalue weighted by atomic mass is 16.3. The molecule has 0 bridgehead atoms. The van der Waals surface area contributed by atoms with Crippen LogP contribution >= 0.6 is 0 Å². The van der Waals surface area contributed by atoms with Gasteiger partial charge in [-0.1, -0.05) is 30.3 Å². The molecule has 1 aliphatic rings.